The molecule has 0 heterocycles. The average Bonchev–Trinajstić information content (AvgIpc) is 2.68. The van der Waals surface area contributed by atoms with E-state index >= 15 is 0 Å². The van der Waals surface area contributed by atoms with E-state index in [-0.39, 0.29) is 17.1 Å². The second-order valence-electron chi connectivity index (χ2n) is 6.28. The van der Waals surface area contributed by atoms with Crippen molar-refractivity contribution in [2.75, 3.05) is 30.3 Å². The van der Waals surface area contributed by atoms with E-state index in [1.165, 1.54) is 34.6 Å². The molecule has 0 aliphatic carbocycles. The number of amides is 1. The van der Waals surface area contributed by atoms with Crippen LogP contribution in [0.1, 0.15) is 19.4 Å². The number of benzene rings is 2. The molecule has 2 aromatic carbocycles. The first kappa shape index (κ1) is 22.3. The number of nitrogens with zero attached hydrogens (tertiary/aromatic N) is 2. The van der Waals surface area contributed by atoms with Crippen LogP contribution in [0.5, 0.6) is 0 Å². The second kappa shape index (κ2) is 9.48. The van der Waals surface area contributed by atoms with Crippen LogP contribution in [0, 0.1) is 17.0 Å². The molecule has 0 saturated carbocycles. The van der Waals surface area contributed by atoms with Gasteiger partial charge in [-0.05, 0) is 30.7 Å². The van der Waals surface area contributed by atoms with E-state index in [1.54, 1.807) is 32.9 Å². The van der Waals surface area contributed by atoms with Crippen molar-refractivity contribution in [3.8, 4) is 0 Å². The number of nitrogens with one attached hydrogen (secondary N) is 2. The lowest BCUT2D eigenvalue weighted by atomic mass is 10.2. The Morgan fingerprint density at radius 2 is 1.83 bits per heavy atom. The van der Waals surface area contributed by atoms with Gasteiger partial charge < -0.3 is 10.6 Å². The van der Waals surface area contributed by atoms with Crippen LogP contribution < -0.4 is 10.6 Å². The zero-order valence-corrected chi connectivity index (χ0v) is 17.3. The lowest BCUT2D eigenvalue weighted by Gasteiger charge is -2.19. The Hall–Kier alpha value is -2.98. The predicted molar refractivity (Wildman–Crippen MR) is 112 cm³/mol. The highest BCUT2D eigenvalue weighted by molar-refractivity contribution is 7.89. The van der Waals surface area contributed by atoms with Crippen LogP contribution in [0.2, 0.25) is 0 Å². The number of aryl methyl sites for hydroxylation is 1. The Balaban J connectivity index is 2.11. The molecule has 0 spiro atoms. The maximum Gasteiger partial charge on any atom is 0.271 e. The Labute approximate surface area is 169 Å². The summed E-state index contributed by atoms with van der Waals surface area (Å²) in [6, 6.07) is 10.3. The molecular weight excluding hydrogens is 396 g/mol. The molecule has 0 bridgehead atoms. The number of non-ortho nitro benzene ring substituents is 1. The number of nitro groups is 1. The van der Waals surface area contributed by atoms with Crippen molar-refractivity contribution in [1.29, 1.82) is 0 Å². The molecule has 0 radical (unpaired) electrons. The molecule has 0 saturated heterocycles. The summed E-state index contributed by atoms with van der Waals surface area (Å²) in [4.78, 5) is 22.6. The molecule has 10 heteroatoms. The van der Waals surface area contributed by atoms with Crippen LogP contribution in [-0.2, 0) is 14.8 Å². The quantitative estimate of drug-likeness (QED) is 0.475. The monoisotopic (exact) mass is 420 g/mol. The van der Waals surface area contributed by atoms with Gasteiger partial charge in [0.2, 0.25) is 15.9 Å². The van der Waals surface area contributed by atoms with Gasteiger partial charge >= 0.3 is 0 Å². The Morgan fingerprint density at radius 1 is 1.14 bits per heavy atom. The first-order chi connectivity index (χ1) is 13.7. The van der Waals surface area contributed by atoms with Gasteiger partial charge in [0.1, 0.15) is 0 Å². The number of carbonyl (C=O) groups excluding carboxylic acids is 1. The smallest absolute Gasteiger partial charge is 0.271 e. The number of nitro benzene ring substituents is 1. The van der Waals surface area contributed by atoms with Crippen LogP contribution >= 0.6 is 0 Å². The van der Waals surface area contributed by atoms with E-state index in [1.807, 2.05) is 0 Å². The summed E-state index contributed by atoms with van der Waals surface area (Å²) in [5.41, 5.74) is 1.49. The highest BCUT2D eigenvalue weighted by atomic mass is 32.2. The van der Waals surface area contributed by atoms with Gasteiger partial charge in [0, 0.05) is 36.6 Å². The van der Waals surface area contributed by atoms with Gasteiger partial charge in [0.25, 0.3) is 5.69 Å². The summed E-state index contributed by atoms with van der Waals surface area (Å²) in [7, 11) is -3.61. The standard InChI is InChI=1S/C19H24N4O5S/c1-4-22(5-2)29(27,28)17-10-9-14(3)18(12-17)20-13-19(24)21-15-7-6-8-16(11-15)23(25)26/h6-12,20H,4-5,13H2,1-3H3,(H,21,24). The van der Waals surface area contributed by atoms with Gasteiger partial charge in [-0.1, -0.05) is 26.0 Å². The summed E-state index contributed by atoms with van der Waals surface area (Å²) >= 11 is 0. The molecule has 156 valence electrons. The minimum Gasteiger partial charge on any atom is -0.376 e. The van der Waals surface area contributed by atoms with Crippen LogP contribution in [0.25, 0.3) is 0 Å². The molecule has 2 aromatic rings. The zero-order chi connectivity index (χ0) is 21.6. The van der Waals surface area contributed by atoms with Gasteiger partial charge in [-0.3, -0.25) is 14.9 Å². The summed E-state index contributed by atoms with van der Waals surface area (Å²) in [6.45, 7) is 5.94. The van der Waals surface area contributed by atoms with Crippen molar-refractivity contribution in [2.24, 2.45) is 0 Å². The fraction of sp³-hybridized carbons (Fsp3) is 0.316. The fourth-order valence-corrected chi connectivity index (χ4v) is 4.23. The number of sulfonamides is 1. The average molecular weight is 420 g/mol. The Bertz CT molecular complexity index is 1000. The van der Waals surface area contributed by atoms with Crippen LogP contribution in [0.4, 0.5) is 17.1 Å². The van der Waals surface area contributed by atoms with Crippen molar-refractivity contribution >= 4 is 33.0 Å². The van der Waals surface area contributed by atoms with E-state index in [0.29, 0.717) is 24.5 Å². The maximum absolute atomic E-state index is 12.7. The first-order valence-corrected chi connectivity index (χ1v) is 10.5. The third-order valence-electron chi connectivity index (χ3n) is 4.33. The predicted octanol–water partition coefficient (Wildman–Crippen LogP) is 2.98. The van der Waals surface area contributed by atoms with E-state index in [4.69, 9.17) is 0 Å². The van der Waals surface area contributed by atoms with Crippen molar-refractivity contribution in [1.82, 2.24) is 4.31 Å². The summed E-state index contributed by atoms with van der Waals surface area (Å²) in [6.07, 6.45) is 0. The highest BCUT2D eigenvalue weighted by Gasteiger charge is 2.22. The lowest BCUT2D eigenvalue weighted by molar-refractivity contribution is -0.384. The molecule has 0 atom stereocenters. The molecule has 29 heavy (non-hydrogen) atoms. The first-order valence-electron chi connectivity index (χ1n) is 9.08. The van der Waals surface area contributed by atoms with Crippen molar-refractivity contribution in [2.45, 2.75) is 25.7 Å². The van der Waals surface area contributed by atoms with Gasteiger partial charge in [-0.15, -0.1) is 0 Å². The number of hydrogen-bond acceptors (Lipinski definition) is 6. The number of rotatable bonds is 9. The topological polar surface area (TPSA) is 122 Å². The minimum atomic E-state index is -3.61. The molecule has 2 N–H and O–H groups in total. The number of hydrogen-bond donors (Lipinski definition) is 2. The SMILES string of the molecule is CCN(CC)S(=O)(=O)c1ccc(C)c(NCC(=O)Nc2cccc([N+](=O)[O-])c2)c1. The molecule has 1 amide bonds. The zero-order valence-electron chi connectivity index (χ0n) is 16.5. The maximum atomic E-state index is 12.7. The Kier molecular flexibility index (Phi) is 7.29. The molecule has 0 unspecified atom stereocenters. The second-order valence-corrected chi connectivity index (χ2v) is 8.21. The number of carbonyl (C=O) groups is 1. The third kappa shape index (κ3) is 5.52. The Morgan fingerprint density at radius 3 is 2.45 bits per heavy atom. The normalized spacial score (nSPS) is 11.3. The molecule has 0 fully saturated rings. The van der Waals surface area contributed by atoms with Gasteiger partial charge in [-0.25, -0.2) is 8.42 Å². The molecule has 0 aromatic heterocycles. The minimum absolute atomic E-state index is 0.124. The summed E-state index contributed by atoms with van der Waals surface area (Å²) in [5.74, 6) is -0.415. The van der Waals surface area contributed by atoms with E-state index in [9.17, 15) is 23.3 Å². The molecular formula is C19H24N4O5S. The summed E-state index contributed by atoms with van der Waals surface area (Å²) < 4.78 is 26.7. The number of anilines is 2. The van der Waals surface area contributed by atoms with Gasteiger partial charge in [0.05, 0.1) is 16.4 Å². The van der Waals surface area contributed by atoms with Gasteiger partial charge in [-0.2, -0.15) is 4.31 Å². The third-order valence-corrected chi connectivity index (χ3v) is 6.38. The molecule has 0 aliphatic heterocycles. The molecule has 0 aliphatic rings. The van der Waals surface area contributed by atoms with Crippen LogP contribution in [-0.4, -0.2) is 43.2 Å². The van der Waals surface area contributed by atoms with Crippen molar-refractivity contribution in [3.05, 3.63) is 58.1 Å². The summed E-state index contributed by atoms with van der Waals surface area (Å²) in [5, 5.41) is 16.3. The molecule has 2 rings (SSSR count). The van der Waals surface area contributed by atoms with E-state index in [2.05, 4.69) is 10.6 Å². The lowest BCUT2D eigenvalue weighted by Crippen LogP contribution is -2.30. The van der Waals surface area contributed by atoms with Crippen molar-refractivity contribution < 1.29 is 18.1 Å². The van der Waals surface area contributed by atoms with E-state index in [0.717, 1.165) is 5.56 Å². The van der Waals surface area contributed by atoms with Crippen LogP contribution in [0.3, 0.4) is 0 Å². The largest absolute Gasteiger partial charge is 0.376 e. The van der Waals surface area contributed by atoms with Gasteiger partial charge in [0.15, 0.2) is 0 Å². The van der Waals surface area contributed by atoms with Crippen molar-refractivity contribution in [3.63, 3.8) is 0 Å². The molecule has 9 nitrogen and oxygen atoms in total. The highest BCUT2D eigenvalue weighted by Crippen LogP contribution is 2.23. The fourth-order valence-electron chi connectivity index (χ4n) is 2.74. The van der Waals surface area contributed by atoms with Crippen LogP contribution in [0.15, 0.2) is 47.4 Å². The van der Waals surface area contributed by atoms with E-state index < -0.39 is 20.9 Å².